The van der Waals surface area contributed by atoms with E-state index < -0.39 is 0 Å². The number of nitrogens with zero attached hydrogens (tertiary/aromatic N) is 1. The van der Waals surface area contributed by atoms with Gasteiger partial charge < -0.3 is 10.6 Å². The number of carbonyl (C=O) groups excluding carboxylic acids is 1. The molecule has 2 aromatic rings. The van der Waals surface area contributed by atoms with Crippen LogP contribution in [0.5, 0.6) is 0 Å². The summed E-state index contributed by atoms with van der Waals surface area (Å²) in [7, 11) is 0. The van der Waals surface area contributed by atoms with E-state index in [1.165, 1.54) is 5.56 Å². The van der Waals surface area contributed by atoms with E-state index in [0.29, 0.717) is 5.75 Å². The van der Waals surface area contributed by atoms with E-state index in [2.05, 4.69) is 0 Å². The maximum atomic E-state index is 12.5. The van der Waals surface area contributed by atoms with E-state index in [1.54, 1.807) is 11.8 Å². The zero-order valence-electron chi connectivity index (χ0n) is 11.8. The molecule has 21 heavy (non-hydrogen) atoms. The molecule has 1 amide bonds. The molecule has 3 rings (SSSR count). The molecule has 0 aromatic heterocycles. The Hall–Kier alpha value is -1.94. The minimum atomic E-state index is 0.162. The molecule has 0 radical (unpaired) electrons. The van der Waals surface area contributed by atoms with Crippen molar-refractivity contribution in [3.8, 4) is 0 Å². The van der Waals surface area contributed by atoms with Crippen LogP contribution in [-0.2, 0) is 11.2 Å². The molecule has 0 saturated heterocycles. The first-order chi connectivity index (χ1) is 10.2. The SMILES string of the molecule is Nc1ccc2c(c1)CCCN2C(=O)CSc1ccccc1. The number of anilines is 2. The van der Waals surface area contributed by atoms with Gasteiger partial charge in [-0.05, 0) is 48.7 Å². The highest BCUT2D eigenvalue weighted by molar-refractivity contribution is 8.00. The van der Waals surface area contributed by atoms with Gasteiger partial charge in [0, 0.05) is 22.8 Å². The van der Waals surface area contributed by atoms with Crippen molar-refractivity contribution in [1.29, 1.82) is 0 Å². The Labute approximate surface area is 129 Å². The Balaban J connectivity index is 1.71. The van der Waals surface area contributed by atoms with Crippen molar-refractivity contribution in [2.75, 3.05) is 22.9 Å². The Bertz CT molecular complexity index is 642. The fraction of sp³-hybridized carbons (Fsp3) is 0.235. The Morgan fingerprint density at radius 3 is 2.81 bits per heavy atom. The van der Waals surface area contributed by atoms with Crippen LogP contribution in [-0.4, -0.2) is 18.2 Å². The van der Waals surface area contributed by atoms with Crippen LogP contribution in [0.15, 0.2) is 53.4 Å². The highest BCUT2D eigenvalue weighted by atomic mass is 32.2. The molecule has 1 aliphatic rings. The van der Waals surface area contributed by atoms with E-state index in [1.807, 2.05) is 53.4 Å². The Morgan fingerprint density at radius 2 is 2.00 bits per heavy atom. The molecule has 0 bridgehead atoms. The second-order valence-electron chi connectivity index (χ2n) is 5.14. The standard InChI is InChI=1S/C17H18N2OS/c18-14-8-9-16-13(11-14)5-4-10-19(16)17(20)12-21-15-6-2-1-3-7-15/h1-3,6-9,11H,4-5,10,12,18H2. The molecule has 0 aliphatic carbocycles. The Kier molecular flexibility index (Phi) is 4.15. The molecule has 2 N–H and O–H groups in total. The van der Waals surface area contributed by atoms with Gasteiger partial charge in [-0.3, -0.25) is 4.79 Å². The molecule has 1 aliphatic heterocycles. The number of aryl methyl sites for hydroxylation is 1. The first-order valence-corrected chi connectivity index (χ1v) is 8.09. The minimum Gasteiger partial charge on any atom is -0.399 e. The molecule has 0 atom stereocenters. The maximum absolute atomic E-state index is 12.5. The van der Waals surface area contributed by atoms with Crippen molar-refractivity contribution in [3.05, 3.63) is 54.1 Å². The predicted octanol–water partition coefficient (Wildman–Crippen LogP) is 3.34. The van der Waals surface area contributed by atoms with Gasteiger partial charge in [-0.2, -0.15) is 0 Å². The summed E-state index contributed by atoms with van der Waals surface area (Å²) >= 11 is 1.58. The molecule has 4 heteroatoms. The lowest BCUT2D eigenvalue weighted by Gasteiger charge is -2.29. The zero-order chi connectivity index (χ0) is 14.7. The van der Waals surface area contributed by atoms with Crippen molar-refractivity contribution in [2.45, 2.75) is 17.7 Å². The Morgan fingerprint density at radius 1 is 1.19 bits per heavy atom. The quantitative estimate of drug-likeness (QED) is 0.698. The monoisotopic (exact) mass is 298 g/mol. The molecule has 108 valence electrons. The average molecular weight is 298 g/mol. The van der Waals surface area contributed by atoms with Crippen LogP contribution in [0.2, 0.25) is 0 Å². The third-order valence-corrected chi connectivity index (χ3v) is 4.63. The van der Waals surface area contributed by atoms with Crippen molar-refractivity contribution in [2.24, 2.45) is 0 Å². The summed E-state index contributed by atoms with van der Waals surface area (Å²) in [5.41, 5.74) is 8.80. The van der Waals surface area contributed by atoms with Gasteiger partial charge >= 0.3 is 0 Å². The summed E-state index contributed by atoms with van der Waals surface area (Å²) < 4.78 is 0. The molecular weight excluding hydrogens is 280 g/mol. The lowest BCUT2D eigenvalue weighted by molar-refractivity contribution is -0.116. The smallest absolute Gasteiger partial charge is 0.237 e. The molecule has 0 spiro atoms. The normalized spacial score (nSPS) is 13.8. The molecule has 0 unspecified atom stereocenters. The number of benzene rings is 2. The minimum absolute atomic E-state index is 0.162. The van der Waals surface area contributed by atoms with E-state index in [0.717, 1.165) is 35.7 Å². The summed E-state index contributed by atoms with van der Waals surface area (Å²) in [5, 5.41) is 0. The van der Waals surface area contributed by atoms with Crippen LogP contribution in [0.4, 0.5) is 11.4 Å². The van der Waals surface area contributed by atoms with Gasteiger partial charge in [-0.1, -0.05) is 18.2 Å². The van der Waals surface area contributed by atoms with Crippen LogP contribution in [0.1, 0.15) is 12.0 Å². The number of nitrogen functional groups attached to an aromatic ring is 1. The molecule has 0 saturated carbocycles. The topological polar surface area (TPSA) is 46.3 Å². The van der Waals surface area contributed by atoms with Crippen LogP contribution >= 0.6 is 11.8 Å². The van der Waals surface area contributed by atoms with Crippen molar-refractivity contribution in [1.82, 2.24) is 0 Å². The molecule has 1 heterocycles. The average Bonchev–Trinajstić information content (AvgIpc) is 2.52. The third kappa shape index (κ3) is 3.22. The number of nitrogens with two attached hydrogens (primary N) is 1. The summed E-state index contributed by atoms with van der Waals surface area (Å²) in [4.78, 5) is 15.5. The number of rotatable bonds is 3. The summed E-state index contributed by atoms with van der Waals surface area (Å²) in [6.45, 7) is 0.797. The van der Waals surface area contributed by atoms with Crippen molar-refractivity contribution >= 4 is 29.0 Å². The summed E-state index contributed by atoms with van der Waals surface area (Å²) in [5.74, 6) is 0.628. The van der Waals surface area contributed by atoms with Crippen LogP contribution in [0.3, 0.4) is 0 Å². The van der Waals surface area contributed by atoms with Gasteiger partial charge in [0.05, 0.1) is 5.75 Å². The fourth-order valence-electron chi connectivity index (χ4n) is 2.62. The van der Waals surface area contributed by atoms with E-state index in [9.17, 15) is 4.79 Å². The van der Waals surface area contributed by atoms with E-state index in [4.69, 9.17) is 5.73 Å². The number of thioether (sulfide) groups is 1. The summed E-state index contributed by atoms with van der Waals surface area (Å²) in [6, 6.07) is 15.9. The largest absolute Gasteiger partial charge is 0.399 e. The molecular formula is C17H18N2OS. The van der Waals surface area contributed by atoms with Crippen LogP contribution in [0.25, 0.3) is 0 Å². The number of fused-ring (bicyclic) bond motifs is 1. The van der Waals surface area contributed by atoms with Crippen molar-refractivity contribution < 1.29 is 4.79 Å². The molecule has 3 nitrogen and oxygen atoms in total. The van der Waals surface area contributed by atoms with E-state index in [-0.39, 0.29) is 5.91 Å². The van der Waals surface area contributed by atoms with Crippen molar-refractivity contribution in [3.63, 3.8) is 0 Å². The van der Waals surface area contributed by atoms with Crippen LogP contribution in [0, 0.1) is 0 Å². The zero-order valence-corrected chi connectivity index (χ0v) is 12.6. The number of hydrogen-bond acceptors (Lipinski definition) is 3. The highest BCUT2D eigenvalue weighted by Crippen LogP contribution is 2.30. The predicted molar refractivity (Wildman–Crippen MR) is 88.7 cm³/mol. The number of amides is 1. The van der Waals surface area contributed by atoms with Gasteiger partial charge in [0.1, 0.15) is 0 Å². The fourth-order valence-corrected chi connectivity index (χ4v) is 3.41. The molecule has 2 aromatic carbocycles. The van der Waals surface area contributed by atoms with E-state index >= 15 is 0 Å². The van der Waals surface area contributed by atoms with Gasteiger partial charge in [-0.25, -0.2) is 0 Å². The second kappa shape index (κ2) is 6.22. The lowest BCUT2D eigenvalue weighted by Crippen LogP contribution is -2.36. The number of carbonyl (C=O) groups is 1. The first-order valence-electron chi connectivity index (χ1n) is 7.10. The highest BCUT2D eigenvalue weighted by Gasteiger charge is 2.22. The lowest BCUT2D eigenvalue weighted by atomic mass is 10.0. The maximum Gasteiger partial charge on any atom is 0.237 e. The first kappa shape index (κ1) is 14.0. The molecule has 0 fully saturated rings. The number of hydrogen-bond donors (Lipinski definition) is 1. The second-order valence-corrected chi connectivity index (χ2v) is 6.19. The summed E-state index contributed by atoms with van der Waals surface area (Å²) in [6.07, 6.45) is 1.99. The van der Waals surface area contributed by atoms with Crippen LogP contribution < -0.4 is 10.6 Å². The van der Waals surface area contributed by atoms with Gasteiger partial charge in [-0.15, -0.1) is 11.8 Å². The van der Waals surface area contributed by atoms with Gasteiger partial charge in [0.15, 0.2) is 0 Å². The van der Waals surface area contributed by atoms with Gasteiger partial charge in [0.2, 0.25) is 5.91 Å². The third-order valence-electron chi connectivity index (χ3n) is 3.63. The van der Waals surface area contributed by atoms with Gasteiger partial charge in [0.25, 0.3) is 0 Å².